The van der Waals surface area contributed by atoms with Crippen LogP contribution in [0.1, 0.15) is 79.1 Å². The molecule has 1 rings (SSSR count). The molecule has 27 heavy (non-hydrogen) atoms. The number of ketones is 1. The SMILES string of the molecule is CC=CCCCC[C@H]1C(=O)CC[C@@H]1C=CCC(C)(COC(C)=O)OCCC. The molecule has 0 N–H and O–H groups in total. The van der Waals surface area contributed by atoms with E-state index in [0.29, 0.717) is 31.1 Å². The van der Waals surface area contributed by atoms with Crippen LogP contribution in [0.25, 0.3) is 0 Å². The van der Waals surface area contributed by atoms with Crippen LogP contribution >= 0.6 is 0 Å². The minimum atomic E-state index is -0.511. The minimum Gasteiger partial charge on any atom is -0.463 e. The minimum absolute atomic E-state index is 0.170. The molecule has 1 fully saturated rings. The second-order valence-electron chi connectivity index (χ2n) is 7.84. The molecule has 0 aliphatic heterocycles. The van der Waals surface area contributed by atoms with Gasteiger partial charge in [-0.2, -0.15) is 0 Å². The Kier molecular flexibility index (Phi) is 11.3. The van der Waals surface area contributed by atoms with Crippen molar-refractivity contribution in [2.75, 3.05) is 13.2 Å². The molecule has 1 aliphatic carbocycles. The molecule has 4 heteroatoms. The fourth-order valence-electron chi connectivity index (χ4n) is 3.59. The van der Waals surface area contributed by atoms with Crippen molar-refractivity contribution in [1.29, 1.82) is 0 Å². The van der Waals surface area contributed by atoms with E-state index in [1.165, 1.54) is 6.92 Å². The first-order valence-electron chi connectivity index (χ1n) is 10.5. The molecule has 4 nitrogen and oxygen atoms in total. The maximum Gasteiger partial charge on any atom is 0.302 e. The van der Waals surface area contributed by atoms with Crippen LogP contribution in [-0.4, -0.2) is 30.6 Å². The number of carbonyl (C=O) groups is 2. The molecule has 0 aromatic heterocycles. The van der Waals surface area contributed by atoms with Gasteiger partial charge in [0, 0.05) is 25.9 Å². The lowest BCUT2D eigenvalue weighted by molar-refractivity contribution is -0.151. The Morgan fingerprint density at radius 1 is 1.30 bits per heavy atom. The van der Waals surface area contributed by atoms with E-state index in [0.717, 1.165) is 38.5 Å². The molecule has 0 saturated heterocycles. The molecule has 1 saturated carbocycles. The van der Waals surface area contributed by atoms with Gasteiger partial charge in [0.15, 0.2) is 0 Å². The van der Waals surface area contributed by atoms with Gasteiger partial charge in [-0.25, -0.2) is 0 Å². The molecule has 154 valence electrons. The van der Waals surface area contributed by atoms with E-state index in [1.54, 1.807) is 0 Å². The summed E-state index contributed by atoms with van der Waals surface area (Å²) >= 11 is 0. The number of hydrogen-bond donors (Lipinski definition) is 0. The van der Waals surface area contributed by atoms with Gasteiger partial charge in [-0.05, 0) is 58.3 Å². The van der Waals surface area contributed by atoms with E-state index in [9.17, 15) is 9.59 Å². The Balaban J connectivity index is 2.56. The quantitative estimate of drug-likeness (QED) is 0.244. The van der Waals surface area contributed by atoms with Gasteiger partial charge in [0.2, 0.25) is 0 Å². The number of hydrogen-bond acceptors (Lipinski definition) is 4. The molecule has 0 spiro atoms. The van der Waals surface area contributed by atoms with Crippen LogP contribution in [0.3, 0.4) is 0 Å². The third-order valence-electron chi connectivity index (χ3n) is 5.19. The zero-order valence-corrected chi connectivity index (χ0v) is 17.7. The van der Waals surface area contributed by atoms with Gasteiger partial charge >= 0.3 is 5.97 Å². The predicted molar refractivity (Wildman–Crippen MR) is 110 cm³/mol. The standard InChI is InChI=1S/C23H38O4/c1-5-7-8-9-10-13-21-20(14-15-22(21)25)12-11-16-23(4,27-17-6-2)18-26-19(3)24/h5,7,11-12,20-21H,6,8-10,13-18H2,1-4H3/t20-,21+,23?/m0/s1. The summed E-state index contributed by atoms with van der Waals surface area (Å²) < 4.78 is 11.1. The van der Waals surface area contributed by atoms with Gasteiger partial charge in [0.1, 0.15) is 18.0 Å². The van der Waals surface area contributed by atoms with Crippen LogP contribution in [0.2, 0.25) is 0 Å². The predicted octanol–water partition coefficient (Wildman–Crippen LogP) is 5.41. The number of rotatable bonds is 13. The summed E-state index contributed by atoms with van der Waals surface area (Å²) in [5, 5.41) is 0. The van der Waals surface area contributed by atoms with Gasteiger partial charge < -0.3 is 9.47 Å². The fraction of sp³-hybridized carbons (Fsp3) is 0.739. The second-order valence-corrected chi connectivity index (χ2v) is 7.84. The van der Waals surface area contributed by atoms with Crippen LogP contribution in [0.15, 0.2) is 24.3 Å². The van der Waals surface area contributed by atoms with E-state index in [2.05, 4.69) is 31.2 Å². The highest BCUT2D eigenvalue weighted by Crippen LogP contribution is 2.34. The summed E-state index contributed by atoms with van der Waals surface area (Å²) in [7, 11) is 0. The van der Waals surface area contributed by atoms with E-state index in [4.69, 9.17) is 9.47 Å². The number of unbranched alkanes of at least 4 members (excludes halogenated alkanes) is 2. The van der Waals surface area contributed by atoms with Gasteiger partial charge in [-0.3, -0.25) is 9.59 Å². The third-order valence-corrected chi connectivity index (χ3v) is 5.19. The van der Waals surface area contributed by atoms with Crippen molar-refractivity contribution in [2.24, 2.45) is 11.8 Å². The van der Waals surface area contributed by atoms with Crippen molar-refractivity contribution in [3.63, 3.8) is 0 Å². The topological polar surface area (TPSA) is 52.6 Å². The molecular weight excluding hydrogens is 340 g/mol. The Labute approximate surface area is 165 Å². The lowest BCUT2D eigenvalue weighted by Crippen LogP contribution is -2.35. The Hall–Kier alpha value is -1.42. The summed E-state index contributed by atoms with van der Waals surface area (Å²) in [6.45, 7) is 8.40. The van der Waals surface area contributed by atoms with Crippen LogP contribution in [0, 0.1) is 11.8 Å². The van der Waals surface area contributed by atoms with E-state index in [-0.39, 0.29) is 18.5 Å². The Morgan fingerprint density at radius 3 is 2.74 bits per heavy atom. The van der Waals surface area contributed by atoms with Crippen LogP contribution in [0.5, 0.6) is 0 Å². The molecule has 0 radical (unpaired) electrons. The highest BCUT2D eigenvalue weighted by molar-refractivity contribution is 5.83. The normalized spacial score (nSPS) is 22.6. The number of carbonyl (C=O) groups excluding carboxylic acids is 2. The van der Waals surface area contributed by atoms with Crippen molar-refractivity contribution in [3.05, 3.63) is 24.3 Å². The van der Waals surface area contributed by atoms with Crippen molar-refractivity contribution < 1.29 is 19.1 Å². The lowest BCUT2D eigenvalue weighted by Gasteiger charge is -2.28. The summed E-state index contributed by atoms with van der Waals surface area (Å²) in [5.74, 6) is 0.636. The molecule has 0 amide bonds. The Morgan fingerprint density at radius 2 is 2.07 bits per heavy atom. The summed E-state index contributed by atoms with van der Waals surface area (Å²) in [6, 6.07) is 0. The van der Waals surface area contributed by atoms with Crippen LogP contribution in [-0.2, 0) is 19.1 Å². The number of allylic oxidation sites excluding steroid dienone is 3. The van der Waals surface area contributed by atoms with Gasteiger partial charge in [0.05, 0.1) is 0 Å². The first kappa shape index (κ1) is 23.6. The maximum atomic E-state index is 12.3. The van der Waals surface area contributed by atoms with Crippen LogP contribution in [0.4, 0.5) is 0 Å². The molecule has 0 aromatic rings. The van der Waals surface area contributed by atoms with Crippen LogP contribution < -0.4 is 0 Å². The smallest absolute Gasteiger partial charge is 0.302 e. The average molecular weight is 379 g/mol. The summed E-state index contributed by atoms with van der Waals surface area (Å²) in [6.07, 6.45) is 16.2. The van der Waals surface area contributed by atoms with E-state index >= 15 is 0 Å². The van der Waals surface area contributed by atoms with Gasteiger partial charge in [-0.15, -0.1) is 0 Å². The van der Waals surface area contributed by atoms with Crippen molar-refractivity contribution in [2.45, 2.75) is 84.7 Å². The van der Waals surface area contributed by atoms with Crippen molar-refractivity contribution in [3.8, 4) is 0 Å². The summed E-state index contributed by atoms with van der Waals surface area (Å²) in [5.41, 5.74) is -0.511. The molecule has 1 aliphatic rings. The molecule has 0 aromatic carbocycles. The van der Waals surface area contributed by atoms with Gasteiger partial charge in [-0.1, -0.05) is 37.6 Å². The number of ether oxygens (including phenoxy) is 2. The van der Waals surface area contributed by atoms with E-state index in [1.807, 2.05) is 13.8 Å². The van der Waals surface area contributed by atoms with Gasteiger partial charge in [0.25, 0.3) is 0 Å². The second kappa shape index (κ2) is 12.9. The first-order chi connectivity index (χ1) is 12.9. The Bertz CT molecular complexity index is 509. The summed E-state index contributed by atoms with van der Waals surface area (Å²) in [4.78, 5) is 23.4. The number of Topliss-reactive ketones (excluding diaryl/α,β-unsaturated/α-hetero) is 1. The highest BCUT2D eigenvalue weighted by atomic mass is 16.6. The largest absolute Gasteiger partial charge is 0.463 e. The molecule has 0 heterocycles. The lowest BCUT2D eigenvalue weighted by atomic mass is 9.89. The zero-order chi connectivity index (χ0) is 20.1. The first-order valence-corrected chi connectivity index (χ1v) is 10.5. The fourth-order valence-corrected chi connectivity index (χ4v) is 3.59. The highest BCUT2D eigenvalue weighted by Gasteiger charge is 2.32. The van der Waals surface area contributed by atoms with Crippen molar-refractivity contribution in [1.82, 2.24) is 0 Å². The van der Waals surface area contributed by atoms with Crippen molar-refractivity contribution >= 4 is 11.8 Å². The maximum absolute atomic E-state index is 12.3. The molecule has 0 bridgehead atoms. The molecular formula is C23H38O4. The average Bonchev–Trinajstić information content (AvgIpc) is 2.98. The third kappa shape index (κ3) is 9.37. The monoisotopic (exact) mass is 378 g/mol. The molecule has 3 atom stereocenters. The number of esters is 1. The molecule has 1 unspecified atom stereocenters. The van der Waals surface area contributed by atoms with E-state index < -0.39 is 5.60 Å². The zero-order valence-electron chi connectivity index (χ0n) is 17.7.